The molecule has 1 aromatic heterocycles. The Morgan fingerprint density at radius 3 is 2.71 bits per heavy atom. The Hall–Kier alpha value is -1.81. The maximum absolute atomic E-state index is 12.0. The lowest BCUT2D eigenvalue weighted by Crippen LogP contribution is -2.31. The number of aryl methyl sites for hydroxylation is 1. The number of hydrogen-bond acceptors (Lipinski definition) is 3. The summed E-state index contributed by atoms with van der Waals surface area (Å²) in [4.78, 5) is 12.7. The maximum atomic E-state index is 12.0. The first-order valence-corrected chi connectivity index (χ1v) is 8.04. The van der Waals surface area contributed by atoms with E-state index < -0.39 is 0 Å². The van der Waals surface area contributed by atoms with Crippen LogP contribution in [0.4, 0.5) is 0 Å². The van der Waals surface area contributed by atoms with Crippen LogP contribution in [0.5, 0.6) is 5.75 Å². The molecule has 1 atom stereocenters. The van der Waals surface area contributed by atoms with E-state index in [4.69, 9.17) is 4.74 Å². The number of carbonyl (C=O) groups excluding carboxylic acids is 1. The summed E-state index contributed by atoms with van der Waals surface area (Å²) in [6.45, 7) is 6.59. The van der Waals surface area contributed by atoms with Gasteiger partial charge < -0.3 is 10.1 Å². The molecule has 21 heavy (non-hydrogen) atoms. The Bertz CT molecular complexity index is 589. The molecule has 0 radical (unpaired) electrons. The summed E-state index contributed by atoms with van der Waals surface area (Å²) < 4.78 is 5.72. The molecule has 1 N–H and O–H groups in total. The van der Waals surface area contributed by atoms with E-state index in [9.17, 15) is 4.79 Å². The predicted molar refractivity (Wildman–Crippen MR) is 87.0 cm³/mol. The Morgan fingerprint density at radius 1 is 1.33 bits per heavy atom. The summed E-state index contributed by atoms with van der Waals surface area (Å²) in [6.07, 6.45) is 0.931. The van der Waals surface area contributed by atoms with Gasteiger partial charge in [-0.2, -0.15) is 0 Å². The lowest BCUT2D eigenvalue weighted by molar-refractivity contribution is 0.0943. The van der Waals surface area contributed by atoms with Crippen LogP contribution in [0.3, 0.4) is 0 Å². The van der Waals surface area contributed by atoms with Gasteiger partial charge in [0.05, 0.1) is 4.88 Å². The van der Waals surface area contributed by atoms with E-state index in [1.807, 2.05) is 49.6 Å². The van der Waals surface area contributed by atoms with Gasteiger partial charge in [0.15, 0.2) is 0 Å². The number of amides is 1. The molecule has 2 rings (SSSR count). The van der Waals surface area contributed by atoms with Gasteiger partial charge in [0.2, 0.25) is 0 Å². The highest BCUT2D eigenvalue weighted by atomic mass is 32.1. The second-order valence-electron chi connectivity index (χ2n) is 5.20. The van der Waals surface area contributed by atoms with Crippen molar-refractivity contribution in [2.24, 2.45) is 0 Å². The average Bonchev–Trinajstić information content (AvgIpc) is 2.95. The fourth-order valence-corrected chi connectivity index (χ4v) is 2.57. The van der Waals surface area contributed by atoms with Gasteiger partial charge in [0.25, 0.3) is 5.91 Å². The molecule has 1 amide bonds. The largest absolute Gasteiger partial charge is 0.489 e. The molecule has 0 bridgehead atoms. The SMILES string of the molecule is CCC(C)NC(=O)c1cc(COc2ccc(C)cc2)cs1. The van der Waals surface area contributed by atoms with E-state index >= 15 is 0 Å². The third-order valence-electron chi connectivity index (χ3n) is 3.29. The summed E-state index contributed by atoms with van der Waals surface area (Å²) in [7, 11) is 0. The highest BCUT2D eigenvalue weighted by Crippen LogP contribution is 2.18. The topological polar surface area (TPSA) is 38.3 Å². The molecular formula is C17H21NO2S. The van der Waals surface area contributed by atoms with Crippen molar-refractivity contribution in [2.75, 3.05) is 0 Å². The van der Waals surface area contributed by atoms with Crippen molar-refractivity contribution < 1.29 is 9.53 Å². The van der Waals surface area contributed by atoms with Crippen molar-refractivity contribution in [3.05, 3.63) is 51.7 Å². The molecule has 112 valence electrons. The summed E-state index contributed by atoms with van der Waals surface area (Å²) in [6, 6.07) is 10.1. The van der Waals surface area contributed by atoms with Crippen LogP contribution in [0, 0.1) is 6.92 Å². The molecule has 4 heteroatoms. The van der Waals surface area contributed by atoms with E-state index in [0.717, 1.165) is 22.6 Å². The molecule has 1 unspecified atom stereocenters. The van der Waals surface area contributed by atoms with E-state index in [0.29, 0.717) is 6.61 Å². The van der Waals surface area contributed by atoms with Crippen molar-refractivity contribution in [3.8, 4) is 5.75 Å². The quantitative estimate of drug-likeness (QED) is 0.870. The number of thiophene rings is 1. The van der Waals surface area contributed by atoms with Gasteiger partial charge >= 0.3 is 0 Å². The van der Waals surface area contributed by atoms with E-state index in [2.05, 4.69) is 12.2 Å². The molecule has 0 saturated heterocycles. The monoisotopic (exact) mass is 303 g/mol. The maximum Gasteiger partial charge on any atom is 0.261 e. The molecule has 1 aromatic carbocycles. The minimum absolute atomic E-state index is 0.00376. The summed E-state index contributed by atoms with van der Waals surface area (Å²) in [5.41, 5.74) is 2.23. The van der Waals surface area contributed by atoms with Crippen LogP contribution in [0.1, 0.15) is 41.1 Å². The fourth-order valence-electron chi connectivity index (χ4n) is 1.77. The molecule has 3 nitrogen and oxygen atoms in total. The third kappa shape index (κ3) is 4.60. The van der Waals surface area contributed by atoms with Crippen LogP contribution >= 0.6 is 11.3 Å². The molecule has 0 aliphatic rings. The van der Waals surface area contributed by atoms with Crippen molar-refractivity contribution in [1.82, 2.24) is 5.32 Å². The van der Waals surface area contributed by atoms with Gasteiger partial charge in [0.1, 0.15) is 12.4 Å². The van der Waals surface area contributed by atoms with Crippen molar-refractivity contribution in [3.63, 3.8) is 0 Å². The van der Waals surface area contributed by atoms with E-state index in [-0.39, 0.29) is 11.9 Å². The van der Waals surface area contributed by atoms with E-state index in [1.165, 1.54) is 16.9 Å². The average molecular weight is 303 g/mol. The minimum Gasteiger partial charge on any atom is -0.489 e. The van der Waals surface area contributed by atoms with Crippen molar-refractivity contribution >= 4 is 17.2 Å². The second-order valence-corrected chi connectivity index (χ2v) is 6.11. The summed E-state index contributed by atoms with van der Waals surface area (Å²) >= 11 is 1.46. The highest BCUT2D eigenvalue weighted by Gasteiger charge is 2.11. The summed E-state index contributed by atoms with van der Waals surface area (Å²) in [5, 5.41) is 4.94. The van der Waals surface area contributed by atoms with E-state index in [1.54, 1.807) is 0 Å². The van der Waals surface area contributed by atoms with Crippen LogP contribution in [0.15, 0.2) is 35.7 Å². The van der Waals surface area contributed by atoms with Gasteiger partial charge in [-0.3, -0.25) is 4.79 Å². The first-order valence-electron chi connectivity index (χ1n) is 7.16. The van der Waals surface area contributed by atoms with Gasteiger partial charge in [-0.1, -0.05) is 24.6 Å². The van der Waals surface area contributed by atoms with Crippen molar-refractivity contribution in [2.45, 2.75) is 39.8 Å². The van der Waals surface area contributed by atoms with Crippen LogP contribution in [-0.4, -0.2) is 11.9 Å². The van der Waals surface area contributed by atoms with Crippen LogP contribution in [-0.2, 0) is 6.61 Å². The number of hydrogen-bond donors (Lipinski definition) is 1. The van der Waals surface area contributed by atoms with Gasteiger partial charge in [-0.25, -0.2) is 0 Å². The molecule has 0 aliphatic heterocycles. The predicted octanol–water partition coefficient (Wildman–Crippen LogP) is 4.16. The molecule has 0 spiro atoms. The number of rotatable bonds is 6. The number of benzene rings is 1. The Balaban J connectivity index is 1.91. The first-order chi connectivity index (χ1) is 10.1. The zero-order chi connectivity index (χ0) is 15.2. The number of nitrogens with one attached hydrogen (secondary N) is 1. The fraction of sp³-hybridized carbons (Fsp3) is 0.353. The normalized spacial score (nSPS) is 12.0. The molecule has 1 heterocycles. The first kappa shape index (κ1) is 15.6. The zero-order valence-corrected chi connectivity index (χ0v) is 13.5. The van der Waals surface area contributed by atoms with Crippen LogP contribution < -0.4 is 10.1 Å². The molecule has 2 aromatic rings. The van der Waals surface area contributed by atoms with Gasteiger partial charge in [-0.15, -0.1) is 11.3 Å². The molecule has 0 saturated carbocycles. The van der Waals surface area contributed by atoms with Crippen LogP contribution in [0.25, 0.3) is 0 Å². The Kier molecular flexibility index (Phi) is 5.39. The molecule has 0 fully saturated rings. The Morgan fingerprint density at radius 2 is 2.05 bits per heavy atom. The summed E-state index contributed by atoms with van der Waals surface area (Å²) in [5.74, 6) is 0.841. The highest BCUT2D eigenvalue weighted by molar-refractivity contribution is 7.12. The third-order valence-corrected chi connectivity index (χ3v) is 4.27. The number of carbonyl (C=O) groups is 1. The second kappa shape index (κ2) is 7.27. The van der Waals surface area contributed by atoms with Gasteiger partial charge in [0, 0.05) is 11.6 Å². The minimum atomic E-state index is -0.00376. The number of ether oxygens (including phenoxy) is 1. The smallest absolute Gasteiger partial charge is 0.261 e. The van der Waals surface area contributed by atoms with Crippen molar-refractivity contribution in [1.29, 1.82) is 0 Å². The lowest BCUT2D eigenvalue weighted by Gasteiger charge is -2.09. The standard InChI is InChI=1S/C17H21NO2S/c1-4-13(3)18-17(19)16-9-14(11-21-16)10-20-15-7-5-12(2)6-8-15/h5-9,11,13H,4,10H2,1-3H3,(H,18,19). The zero-order valence-electron chi connectivity index (χ0n) is 12.7. The Labute approximate surface area is 130 Å². The van der Waals surface area contributed by atoms with Gasteiger partial charge in [-0.05, 0) is 43.8 Å². The molecule has 0 aliphatic carbocycles. The van der Waals surface area contributed by atoms with Crippen LogP contribution in [0.2, 0.25) is 0 Å². The molecular weight excluding hydrogens is 282 g/mol. The lowest BCUT2D eigenvalue weighted by atomic mass is 10.2.